The first kappa shape index (κ1) is 45.8. The smallest absolute Gasteiger partial charge is 0.381 e. The highest BCUT2D eigenvalue weighted by Crippen LogP contribution is 2.21. The number of carbonyl (C=O) groups is 2. The van der Waals surface area contributed by atoms with Crippen molar-refractivity contribution in [1.82, 2.24) is 28.9 Å². The van der Waals surface area contributed by atoms with E-state index in [0.29, 0.717) is 31.3 Å². The zero-order valence-electron chi connectivity index (χ0n) is 30.7. The van der Waals surface area contributed by atoms with Crippen LogP contribution in [0.1, 0.15) is 61.0 Å². The molecule has 0 saturated carbocycles. The SMILES string of the molecule is CC(CO)C(O)CCn1cnc(C(N)=O)c1C(N)=O.CC(CO)C(O)CCn1cnc([N+](=O)[O-])c1.CC(CO)C(O)CCn1ncc2cc([N+](=O)[O-])ccc21. The maximum Gasteiger partial charge on any atom is 0.381 e. The summed E-state index contributed by atoms with van der Waals surface area (Å²) in [7, 11) is 0. The minimum absolute atomic E-state index is 0.0333. The van der Waals surface area contributed by atoms with E-state index < -0.39 is 40.0 Å². The predicted octanol–water partition coefficient (Wildman–Crippen LogP) is -0.0451. The molecule has 0 bridgehead atoms. The Kier molecular flexibility index (Phi) is 18.4. The number of nitro groups is 2. The fourth-order valence-corrected chi connectivity index (χ4v) is 4.95. The molecule has 1 aromatic carbocycles. The van der Waals surface area contributed by atoms with Gasteiger partial charge in [-0.3, -0.25) is 24.4 Å². The number of aryl methyl sites for hydroxylation is 3. The zero-order valence-corrected chi connectivity index (χ0v) is 30.7. The lowest BCUT2D eigenvalue weighted by Gasteiger charge is -2.17. The van der Waals surface area contributed by atoms with Crippen LogP contribution in [0, 0.1) is 38.0 Å². The standard InChI is InChI=1S/C13H17N3O4.C11H18N4O4.C9H15N3O4/c1-9(8-17)13(18)4-5-15-12-3-2-11(16(19)20)6-10(12)7-14-15;1-6(4-16)7(17)2-3-15-5-14-8(10(12)18)9(15)11(13)19;1-7(5-13)8(14)2-3-11-4-9(10-6-11)12(15)16/h2-3,6-7,9,13,17-18H,4-5,8H2,1H3;5-7,16-17H,2-4H2,1H3,(H2,12,18)(H2,13,19);4,6-8,13-14H,2-3,5H2,1H3. The highest BCUT2D eigenvalue weighted by molar-refractivity contribution is 6.03. The van der Waals surface area contributed by atoms with Crippen LogP contribution in [0.5, 0.6) is 0 Å². The van der Waals surface area contributed by atoms with Crippen molar-refractivity contribution in [1.29, 1.82) is 0 Å². The minimum Gasteiger partial charge on any atom is -0.396 e. The summed E-state index contributed by atoms with van der Waals surface area (Å²) in [5.41, 5.74) is 10.8. The maximum atomic E-state index is 11.3. The van der Waals surface area contributed by atoms with Gasteiger partial charge in [0.15, 0.2) is 5.69 Å². The first-order chi connectivity index (χ1) is 25.9. The highest BCUT2D eigenvalue weighted by Gasteiger charge is 2.22. The molecule has 55 heavy (non-hydrogen) atoms. The van der Waals surface area contributed by atoms with Gasteiger partial charge in [-0.25, -0.2) is 4.98 Å². The van der Waals surface area contributed by atoms with Gasteiger partial charge in [0.05, 0.1) is 41.3 Å². The number of nitrogens with two attached hydrogens (primary N) is 2. The summed E-state index contributed by atoms with van der Waals surface area (Å²) in [5.74, 6) is -2.51. The lowest BCUT2D eigenvalue weighted by Crippen LogP contribution is -2.26. The van der Waals surface area contributed by atoms with Crippen LogP contribution < -0.4 is 11.5 Å². The molecular formula is C33H50N10O12. The second-order valence-corrected chi connectivity index (χ2v) is 13.0. The normalized spacial score (nSPS) is 14.3. The Morgan fingerprint density at radius 2 is 1.33 bits per heavy atom. The van der Waals surface area contributed by atoms with Gasteiger partial charge in [0.1, 0.15) is 11.9 Å². The van der Waals surface area contributed by atoms with Gasteiger partial charge in [0, 0.05) is 74.7 Å². The fourth-order valence-electron chi connectivity index (χ4n) is 4.95. The van der Waals surface area contributed by atoms with E-state index in [2.05, 4.69) is 15.1 Å². The zero-order chi connectivity index (χ0) is 41.4. The summed E-state index contributed by atoms with van der Waals surface area (Å²) < 4.78 is 4.62. The van der Waals surface area contributed by atoms with E-state index in [1.165, 1.54) is 35.6 Å². The Balaban J connectivity index is 0.000000287. The quantitative estimate of drug-likeness (QED) is 0.0457. The second kappa shape index (κ2) is 22.1. The van der Waals surface area contributed by atoms with Crippen molar-refractivity contribution >= 4 is 34.2 Å². The Morgan fingerprint density at radius 1 is 0.782 bits per heavy atom. The van der Waals surface area contributed by atoms with Crippen molar-refractivity contribution < 1.29 is 50.1 Å². The van der Waals surface area contributed by atoms with Crippen molar-refractivity contribution in [2.45, 2.75) is 78.0 Å². The molecule has 0 radical (unpaired) electrons. The number of aliphatic hydroxyl groups is 6. The Labute approximate surface area is 314 Å². The molecule has 22 nitrogen and oxygen atoms in total. The van der Waals surface area contributed by atoms with Crippen LogP contribution in [-0.4, -0.2) is 119 Å². The van der Waals surface area contributed by atoms with E-state index in [1.54, 1.807) is 42.3 Å². The number of nitro benzene ring substituents is 1. The third-order valence-electron chi connectivity index (χ3n) is 8.77. The van der Waals surface area contributed by atoms with Crippen molar-refractivity contribution in [3.8, 4) is 0 Å². The molecule has 6 unspecified atom stereocenters. The average molecular weight is 779 g/mol. The molecule has 304 valence electrons. The molecule has 0 aliphatic rings. The molecule has 3 aromatic heterocycles. The molecule has 0 spiro atoms. The number of fused-ring (bicyclic) bond motifs is 1. The van der Waals surface area contributed by atoms with E-state index in [9.17, 15) is 45.1 Å². The van der Waals surface area contributed by atoms with E-state index in [0.717, 1.165) is 5.52 Å². The summed E-state index contributed by atoms with van der Waals surface area (Å²) in [4.78, 5) is 49.8. The predicted molar refractivity (Wildman–Crippen MR) is 195 cm³/mol. The number of aromatic nitrogens is 6. The Morgan fingerprint density at radius 3 is 1.80 bits per heavy atom. The number of nitrogens with zero attached hydrogens (tertiary/aromatic N) is 8. The number of imidazole rings is 2. The number of hydrogen-bond donors (Lipinski definition) is 8. The number of amides is 2. The Bertz CT molecular complexity index is 1840. The minimum atomic E-state index is -0.836. The van der Waals surface area contributed by atoms with Gasteiger partial charge < -0.3 is 61.4 Å². The van der Waals surface area contributed by atoms with Crippen molar-refractivity contribution in [2.75, 3.05) is 19.8 Å². The molecule has 0 fully saturated rings. The van der Waals surface area contributed by atoms with Crippen LogP contribution in [0.2, 0.25) is 0 Å². The summed E-state index contributed by atoms with van der Waals surface area (Å²) in [5, 5.41) is 81.7. The van der Waals surface area contributed by atoms with Crippen molar-refractivity contribution in [3.63, 3.8) is 0 Å². The summed E-state index contributed by atoms with van der Waals surface area (Å²) in [6, 6.07) is 4.57. The van der Waals surface area contributed by atoms with E-state index in [4.69, 9.17) is 26.8 Å². The van der Waals surface area contributed by atoms with Gasteiger partial charge in [-0.05, 0) is 35.2 Å². The molecule has 22 heteroatoms. The largest absolute Gasteiger partial charge is 0.396 e. The lowest BCUT2D eigenvalue weighted by molar-refractivity contribution is -0.389. The summed E-state index contributed by atoms with van der Waals surface area (Å²) >= 11 is 0. The van der Waals surface area contributed by atoms with Crippen LogP contribution in [0.4, 0.5) is 11.5 Å². The summed E-state index contributed by atoms with van der Waals surface area (Å²) in [6.07, 6.45) is 4.75. The van der Waals surface area contributed by atoms with E-state index >= 15 is 0 Å². The third kappa shape index (κ3) is 13.8. The summed E-state index contributed by atoms with van der Waals surface area (Å²) in [6.45, 7) is 6.10. The molecule has 10 N–H and O–H groups in total. The van der Waals surface area contributed by atoms with Gasteiger partial charge in [-0.1, -0.05) is 20.8 Å². The third-order valence-corrected chi connectivity index (χ3v) is 8.77. The number of non-ortho nitro benzene ring substituents is 1. The first-order valence-corrected chi connectivity index (χ1v) is 17.2. The van der Waals surface area contributed by atoms with Gasteiger partial charge in [-0.15, -0.1) is 0 Å². The van der Waals surface area contributed by atoms with Crippen LogP contribution in [0.15, 0.2) is 43.2 Å². The molecule has 4 aromatic rings. The second-order valence-electron chi connectivity index (χ2n) is 13.0. The van der Waals surface area contributed by atoms with E-state index in [-0.39, 0.29) is 73.4 Å². The van der Waals surface area contributed by atoms with Crippen molar-refractivity contribution in [2.24, 2.45) is 29.2 Å². The maximum absolute atomic E-state index is 11.3. The lowest BCUT2D eigenvalue weighted by atomic mass is 10.0. The number of hydrogen-bond acceptors (Lipinski definition) is 15. The van der Waals surface area contributed by atoms with Crippen LogP contribution in [0.3, 0.4) is 0 Å². The molecule has 6 atom stereocenters. The molecule has 2 amide bonds. The highest BCUT2D eigenvalue weighted by atomic mass is 16.6. The van der Waals surface area contributed by atoms with Crippen LogP contribution >= 0.6 is 0 Å². The monoisotopic (exact) mass is 778 g/mol. The Hall–Kier alpha value is -5.39. The van der Waals surface area contributed by atoms with Gasteiger partial charge >= 0.3 is 5.82 Å². The number of carbonyl (C=O) groups excluding carboxylic acids is 2. The average Bonchev–Trinajstić information content (AvgIpc) is 3.93. The number of benzene rings is 1. The topological polar surface area (TPSA) is 347 Å². The first-order valence-electron chi connectivity index (χ1n) is 17.2. The molecule has 0 aliphatic carbocycles. The van der Waals surface area contributed by atoms with Gasteiger partial charge in [0.2, 0.25) is 6.33 Å². The fraction of sp³-hybridized carbons (Fsp3) is 0.545. The molecular weight excluding hydrogens is 728 g/mol. The van der Waals surface area contributed by atoms with Gasteiger partial charge in [-0.2, -0.15) is 5.10 Å². The van der Waals surface area contributed by atoms with Crippen molar-refractivity contribution in [3.05, 3.63) is 74.9 Å². The molecule has 4 rings (SSSR count). The van der Waals surface area contributed by atoms with Gasteiger partial charge in [0.25, 0.3) is 17.5 Å². The van der Waals surface area contributed by atoms with E-state index in [1.807, 2.05) is 0 Å². The van der Waals surface area contributed by atoms with Crippen LogP contribution in [-0.2, 0) is 19.6 Å². The molecule has 0 aliphatic heterocycles. The number of primary amides is 2. The van der Waals surface area contributed by atoms with Crippen LogP contribution in [0.25, 0.3) is 10.9 Å². The molecule has 0 saturated heterocycles. The number of aliphatic hydroxyl groups excluding tert-OH is 6. The number of rotatable bonds is 19. The molecule has 3 heterocycles.